The van der Waals surface area contributed by atoms with Gasteiger partial charge in [-0.25, -0.2) is 9.97 Å². The summed E-state index contributed by atoms with van der Waals surface area (Å²) in [7, 11) is 0. The number of aryl methyl sites for hydroxylation is 1. The van der Waals surface area contributed by atoms with Crippen LogP contribution in [0.15, 0.2) is 54.9 Å². The molecule has 7 heteroatoms. The summed E-state index contributed by atoms with van der Waals surface area (Å²) in [5, 5.41) is 6.46. The second-order valence-electron chi connectivity index (χ2n) is 5.97. The Kier molecular flexibility index (Phi) is 5.47. The molecule has 0 saturated heterocycles. The van der Waals surface area contributed by atoms with Gasteiger partial charge in [-0.1, -0.05) is 29.8 Å². The van der Waals surface area contributed by atoms with Crippen LogP contribution in [-0.4, -0.2) is 21.7 Å². The first-order valence-electron chi connectivity index (χ1n) is 8.20. The molecular weight excluding hydrogens is 364 g/mol. The molecule has 1 heterocycles. The third-order valence-electron chi connectivity index (χ3n) is 3.87. The van der Waals surface area contributed by atoms with Crippen LogP contribution in [0, 0.1) is 6.92 Å². The van der Waals surface area contributed by atoms with E-state index in [1.807, 2.05) is 19.1 Å². The second-order valence-corrected chi connectivity index (χ2v) is 6.38. The van der Waals surface area contributed by atoms with E-state index >= 15 is 0 Å². The Morgan fingerprint density at radius 3 is 2.56 bits per heavy atom. The molecule has 136 valence electrons. The number of hydrogen-bond donors (Lipinski definition) is 2. The molecule has 0 aliphatic rings. The molecule has 1 aromatic heterocycles. The molecule has 6 nitrogen and oxygen atoms in total. The van der Waals surface area contributed by atoms with Crippen molar-refractivity contribution in [2.75, 3.05) is 10.6 Å². The third kappa shape index (κ3) is 4.68. The monoisotopic (exact) mass is 380 g/mol. The molecule has 0 radical (unpaired) electrons. The summed E-state index contributed by atoms with van der Waals surface area (Å²) in [6, 6.07) is 13.8. The summed E-state index contributed by atoms with van der Waals surface area (Å²) >= 11 is 6.13. The maximum atomic E-state index is 12.5. The van der Waals surface area contributed by atoms with Crippen molar-refractivity contribution in [3.8, 4) is 0 Å². The number of amides is 1. The van der Waals surface area contributed by atoms with Crippen LogP contribution in [0.4, 0.5) is 17.2 Å². The molecule has 2 N–H and O–H groups in total. The summed E-state index contributed by atoms with van der Waals surface area (Å²) in [5.74, 6) is -0.00738. The minimum atomic E-state index is -0.400. The molecule has 0 atom stereocenters. The minimum absolute atomic E-state index is 0.0728. The van der Waals surface area contributed by atoms with Crippen LogP contribution in [0.25, 0.3) is 0 Å². The largest absolute Gasteiger partial charge is 0.340 e. The Bertz CT molecular complexity index is 1020. The maximum absolute atomic E-state index is 12.5. The van der Waals surface area contributed by atoms with Crippen molar-refractivity contribution < 1.29 is 9.59 Å². The first kappa shape index (κ1) is 18.5. The molecule has 0 bridgehead atoms. The molecule has 0 unspecified atom stereocenters. The van der Waals surface area contributed by atoms with E-state index in [-0.39, 0.29) is 11.5 Å². The Morgan fingerprint density at radius 2 is 1.81 bits per heavy atom. The number of benzene rings is 2. The SMILES string of the molecule is CC(=O)c1cccc(NC(=O)c2cc(Nc3ccc(C)c(Cl)c3)ncn2)c1. The van der Waals surface area contributed by atoms with Crippen LogP contribution in [-0.2, 0) is 0 Å². The van der Waals surface area contributed by atoms with Gasteiger partial charge in [0.05, 0.1) is 0 Å². The van der Waals surface area contributed by atoms with E-state index < -0.39 is 5.91 Å². The smallest absolute Gasteiger partial charge is 0.274 e. The van der Waals surface area contributed by atoms with E-state index in [2.05, 4.69) is 20.6 Å². The lowest BCUT2D eigenvalue weighted by atomic mass is 10.1. The molecular formula is C20H17ClN4O2. The molecule has 0 aliphatic carbocycles. The van der Waals surface area contributed by atoms with Crippen molar-refractivity contribution in [3.05, 3.63) is 76.7 Å². The van der Waals surface area contributed by atoms with Crippen LogP contribution in [0.1, 0.15) is 33.3 Å². The van der Waals surface area contributed by atoms with Crippen molar-refractivity contribution >= 4 is 40.5 Å². The second kappa shape index (κ2) is 7.97. The fraction of sp³-hybridized carbons (Fsp3) is 0.100. The predicted octanol–water partition coefficient (Wildman–Crippen LogP) is 4.64. The van der Waals surface area contributed by atoms with E-state index in [1.165, 1.54) is 19.3 Å². The predicted molar refractivity (Wildman–Crippen MR) is 106 cm³/mol. The quantitative estimate of drug-likeness (QED) is 0.630. The number of nitrogens with zero attached hydrogens (tertiary/aromatic N) is 2. The van der Waals surface area contributed by atoms with Gasteiger partial charge >= 0.3 is 0 Å². The molecule has 0 fully saturated rings. The van der Waals surface area contributed by atoms with Crippen molar-refractivity contribution in [1.82, 2.24) is 9.97 Å². The number of Topliss-reactive ketones (excluding diaryl/α,β-unsaturated/α-hetero) is 1. The topological polar surface area (TPSA) is 84.0 Å². The van der Waals surface area contributed by atoms with Crippen molar-refractivity contribution in [2.45, 2.75) is 13.8 Å². The molecule has 27 heavy (non-hydrogen) atoms. The Balaban J connectivity index is 1.76. The number of carbonyl (C=O) groups is 2. The lowest BCUT2D eigenvalue weighted by molar-refractivity contribution is 0.100. The molecule has 2 aromatic carbocycles. The van der Waals surface area contributed by atoms with Gasteiger partial charge < -0.3 is 10.6 Å². The van der Waals surface area contributed by atoms with Gasteiger partial charge in [0.2, 0.25) is 0 Å². The molecule has 3 rings (SSSR count). The number of rotatable bonds is 5. The van der Waals surface area contributed by atoms with Crippen molar-refractivity contribution in [2.24, 2.45) is 0 Å². The normalized spacial score (nSPS) is 10.3. The Labute approximate surface area is 161 Å². The third-order valence-corrected chi connectivity index (χ3v) is 4.28. The minimum Gasteiger partial charge on any atom is -0.340 e. The van der Waals surface area contributed by atoms with Gasteiger partial charge in [-0.3, -0.25) is 9.59 Å². The lowest BCUT2D eigenvalue weighted by Crippen LogP contribution is -2.14. The van der Waals surface area contributed by atoms with E-state index in [0.717, 1.165) is 11.3 Å². The number of aromatic nitrogens is 2. The number of nitrogens with one attached hydrogen (secondary N) is 2. The molecule has 1 amide bonds. The maximum Gasteiger partial charge on any atom is 0.274 e. The number of carbonyl (C=O) groups excluding carboxylic acids is 2. The highest BCUT2D eigenvalue weighted by atomic mass is 35.5. The zero-order chi connectivity index (χ0) is 19.4. The highest BCUT2D eigenvalue weighted by molar-refractivity contribution is 6.31. The summed E-state index contributed by atoms with van der Waals surface area (Å²) in [5.41, 5.74) is 2.96. The van der Waals surface area contributed by atoms with Gasteiger partial charge in [-0.2, -0.15) is 0 Å². The lowest BCUT2D eigenvalue weighted by Gasteiger charge is -2.09. The van der Waals surface area contributed by atoms with Crippen molar-refractivity contribution in [1.29, 1.82) is 0 Å². The number of hydrogen-bond acceptors (Lipinski definition) is 5. The summed E-state index contributed by atoms with van der Waals surface area (Å²) in [6.45, 7) is 3.39. The van der Waals surface area contributed by atoms with E-state index in [4.69, 9.17) is 11.6 Å². The summed E-state index contributed by atoms with van der Waals surface area (Å²) in [6.07, 6.45) is 1.30. The van der Waals surface area contributed by atoms with Gasteiger partial charge in [-0.15, -0.1) is 0 Å². The average Bonchev–Trinajstić information content (AvgIpc) is 2.65. The van der Waals surface area contributed by atoms with Gasteiger partial charge in [-0.05, 0) is 43.7 Å². The Hall–Kier alpha value is -3.25. The first-order chi connectivity index (χ1) is 12.9. The van der Waals surface area contributed by atoms with Gasteiger partial charge in [0, 0.05) is 28.0 Å². The van der Waals surface area contributed by atoms with Crippen LogP contribution in [0.2, 0.25) is 5.02 Å². The van der Waals surface area contributed by atoms with Crippen molar-refractivity contribution in [3.63, 3.8) is 0 Å². The fourth-order valence-corrected chi connectivity index (χ4v) is 2.56. The number of halogens is 1. The van der Waals surface area contributed by atoms with Gasteiger partial charge in [0.1, 0.15) is 17.8 Å². The molecule has 0 spiro atoms. The average molecular weight is 381 g/mol. The zero-order valence-corrected chi connectivity index (χ0v) is 15.5. The number of ketones is 1. The fourth-order valence-electron chi connectivity index (χ4n) is 2.38. The number of anilines is 3. The molecule has 0 aliphatic heterocycles. The van der Waals surface area contributed by atoms with Crippen LogP contribution >= 0.6 is 11.6 Å². The first-order valence-corrected chi connectivity index (χ1v) is 8.58. The summed E-state index contributed by atoms with van der Waals surface area (Å²) < 4.78 is 0. The van der Waals surface area contributed by atoms with Crippen LogP contribution < -0.4 is 10.6 Å². The molecule has 3 aromatic rings. The van der Waals surface area contributed by atoms with Gasteiger partial charge in [0.15, 0.2) is 5.78 Å². The van der Waals surface area contributed by atoms with E-state index in [1.54, 1.807) is 30.3 Å². The van der Waals surface area contributed by atoms with Gasteiger partial charge in [0.25, 0.3) is 5.91 Å². The standard InChI is InChI=1S/C20H17ClN4O2/c1-12-6-7-16(9-17(12)21)24-19-10-18(22-11-23-19)20(27)25-15-5-3-4-14(8-15)13(2)26/h3-11H,1-2H3,(H,25,27)(H,22,23,24). The molecule has 0 saturated carbocycles. The highest BCUT2D eigenvalue weighted by Crippen LogP contribution is 2.22. The summed E-state index contributed by atoms with van der Waals surface area (Å²) in [4.78, 5) is 32.1. The van der Waals surface area contributed by atoms with E-state index in [0.29, 0.717) is 22.1 Å². The Morgan fingerprint density at radius 1 is 1.00 bits per heavy atom. The van der Waals surface area contributed by atoms with Crippen LogP contribution in [0.5, 0.6) is 0 Å². The highest BCUT2D eigenvalue weighted by Gasteiger charge is 2.11. The van der Waals surface area contributed by atoms with Crippen LogP contribution in [0.3, 0.4) is 0 Å². The van der Waals surface area contributed by atoms with E-state index in [9.17, 15) is 9.59 Å². The zero-order valence-electron chi connectivity index (χ0n) is 14.8.